The predicted octanol–water partition coefficient (Wildman–Crippen LogP) is 10.2. The lowest BCUT2D eigenvalue weighted by Gasteiger charge is -2.15. The molecule has 10 rings (SSSR count). The Morgan fingerprint density at radius 3 is 1.62 bits per heavy atom. The van der Waals surface area contributed by atoms with Crippen LogP contribution in [0, 0.1) is 0 Å². The summed E-state index contributed by atoms with van der Waals surface area (Å²) in [4.78, 5) is 24.4. The van der Waals surface area contributed by atoms with E-state index in [1.807, 2.05) is 87.0 Å². The number of hydrogen-bond donors (Lipinski definition) is 0. The molecule has 5 aromatic carbocycles. The molecule has 10 aromatic rings. The fraction of sp³-hybridized carbons (Fsp3) is 0.0444. The third kappa shape index (κ3) is 5.73. The van der Waals surface area contributed by atoms with E-state index in [2.05, 4.69) is 101 Å². The van der Waals surface area contributed by atoms with Gasteiger partial charge in [-0.2, -0.15) is 0 Å². The maximum Gasteiger partial charge on any atom is 0.162 e. The first-order valence-electron chi connectivity index (χ1n) is 17.8. The van der Waals surface area contributed by atoms with Gasteiger partial charge in [-0.15, -0.1) is 0 Å². The van der Waals surface area contributed by atoms with Crippen molar-refractivity contribution in [3.63, 3.8) is 0 Å². The molecule has 5 aromatic heterocycles. The summed E-state index contributed by atoms with van der Waals surface area (Å²) in [6.45, 7) is 0. The van der Waals surface area contributed by atoms with Crippen molar-refractivity contribution in [1.82, 2.24) is 34.1 Å². The van der Waals surface area contributed by atoms with Crippen LogP contribution in [0.15, 0.2) is 159 Å². The van der Waals surface area contributed by atoms with Crippen molar-refractivity contribution in [2.24, 2.45) is 0 Å². The molecule has 0 unspecified atom stereocenters. The summed E-state index contributed by atoms with van der Waals surface area (Å²) in [6, 6.07) is 44.7. The number of anilines is 1. The molecule has 0 N–H and O–H groups in total. The highest BCUT2D eigenvalue weighted by Gasteiger charge is 2.17. The van der Waals surface area contributed by atoms with Crippen LogP contribution in [0.1, 0.15) is 0 Å². The first kappa shape index (κ1) is 32.1. The topological polar surface area (TPSA) is 96.0 Å². The molecule has 0 radical (unpaired) electrons. The van der Waals surface area contributed by atoms with E-state index in [1.54, 1.807) is 6.20 Å². The number of ether oxygens (including phenoxy) is 2. The zero-order valence-corrected chi connectivity index (χ0v) is 29.9. The summed E-state index contributed by atoms with van der Waals surface area (Å²) in [5.41, 5.74) is 5.87. The Bertz CT molecular complexity index is 3030. The third-order valence-electron chi connectivity index (χ3n) is 9.75. The molecule has 10 nitrogen and oxygen atoms in total. The fourth-order valence-electron chi connectivity index (χ4n) is 7.29. The molecule has 0 amide bonds. The zero-order chi connectivity index (χ0) is 36.9. The number of para-hydroxylation sites is 2. The van der Waals surface area contributed by atoms with Gasteiger partial charge in [0.2, 0.25) is 0 Å². The van der Waals surface area contributed by atoms with Gasteiger partial charge in [0.05, 0.1) is 22.1 Å². The molecule has 0 aliphatic rings. The van der Waals surface area contributed by atoms with Crippen LogP contribution in [-0.4, -0.2) is 48.1 Å². The second-order valence-corrected chi connectivity index (χ2v) is 13.4. The van der Waals surface area contributed by atoms with Gasteiger partial charge in [0, 0.05) is 83.6 Å². The predicted molar refractivity (Wildman–Crippen MR) is 217 cm³/mol. The minimum Gasteiger partial charge on any atom is -0.457 e. The molecule has 0 saturated heterocycles. The molecule has 55 heavy (non-hydrogen) atoms. The molecule has 0 spiro atoms. The van der Waals surface area contributed by atoms with Crippen LogP contribution in [0.4, 0.5) is 5.69 Å². The molecule has 0 saturated carbocycles. The normalized spacial score (nSPS) is 11.5. The van der Waals surface area contributed by atoms with E-state index in [4.69, 9.17) is 14.5 Å². The molecular weight excluding hydrogens is 685 g/mol. The minimum absolute atomic E-state index is 0.499. The van der Waals surface area contributed by atoms with Gasteiger partial charge in [-0.25, -0.2) is 24.9 Å². The number of fused-ring (bicyclic) bond motifs is 6. The van der Waals surface area contributed by atoms with Crippen LogP contribution in [0.3, 0.4) is 0 Å². The molecule has 0 bridgehead atoms. The Morgan fingerprint density at radius 1 is 0.455 bits per heavy atom. The minimum atomic E-state index is 0.499. The van der Waals surface area contributed by atoms with Gasteiger partial charge >= 0.3 is 0 Å². The highest BCUT2D eigenvalue weighted by molar-refractivity contribution is 6.10. The molecule has 10 heteroatoms. The van der Waals surface area contributed by atoms with Gasteiger partial charge in [0.25, 0.3) is 0 Å². The van der Waals surface area contributed by atoms with Crippen molar-refractivity contribution in [2.75, 3.05) is 19.0 Å². The highest BCUT2D eigenvalue weighted by Crippen LogP contribution is 2.39. The van der Waals surface area contributed by atoms with E-state index >= 15 is 0 Å². The van der Waals surface area contributed by atoms with Gasteiger partial charge < -0.3 is 14.4 Å². The van der Waals surface area contributed by atoms with Crippen LogP contribution in [0.5, 0.6) is 23.0 Å². The Balaban J connectivity index is 1.07. The SMILES string of the molecule is CN(C)c1ccnc(-n2c3ccccc3c3ccc(Oc4cc(Oc5ccc6c7ccccc7n(-c7ccccn7)c6c5)cc(-c5ncncn5)c4)cc32)c1. The first-order chi connectivity index (χ1) is 27.1. The van der Waals surface area contributed by atoms with Gasteiger partial charge in [-0.05, 0) is 66.7 Å². The Labute approximate surface area is 315 Å². The van der Waals surface area contributed by atoms with Crippen LogP contribution >= 0.6 is 0 Å². The van der Waals surface area contributed by atoms with Crippen LogP contribution in [-0.2, 0) is 0 Å². The highest BCUT2D eigenvalue weighted by atomic mass is 16.5. The Morgan fingerprint density at radius 2 is 1.02 bits per heavy atom. The van der Waals surface area contributed by atoms with Gasteiger partial charge in [-0.3, -0.25) is 9.13 Å². The molecule has 5 heterocycles. The van der Waals surface area contributed by atoms with E-state index in [9.17, 15) is 0 Å². The van der Waals surface area contributed by atoms with Crippen LogP contribution in [0.25, 0.3) is 66.6 Å². The van der Waals surface area contributed by atoms with Gasteiger partial charge in [0.15, 0.2) is 5.82 Å². The monoisotopic (exact) mass is 716 g/mol. The molecule has 0 fully saturated rings. The van der Waals surface area contributed by atoms with Gasteiger partial charge in [-0.1, -0.05) is 42.5 Å². The lowest BCUT2D eigenvalue weighted by atomic mass is 10.1. The maximum atomic E-state index is 6.66. The van der Waals surface area contributed by atoms with Crippen molar-refractivity contribution in [1.29, 1.82) is 0 Å². The fourth-order valence-corrected chi connectivity index (χ4v) is 7.29. The summed E-state index contributed by atoms with van der Waals surface area (Å²) >= 11 is 0. The molecule has 0 aliphatic carbocycles. The van der Waals surface area contributed by atoms with Crippen LogP contribution in [0.2, 0.25) is 0 Å². The summed E-state index contributed by atoms with van der Waals surface area (Å²) < 4.78 is 17.6. The van der Waals surface area contributed by atoms with Gasteiger partial charge in [0.1, 0.15) is 47.3 Å². The lowest BCUT2D eigenvalue weighted by molar-refractivity contribution is 0.461. The number of aromatic nitrogens is 7. The average molecular weight is 717 g/mol. The first-order valence-corrected chi connectivity index (χ1v) is 17.8. The molecule has 264 valence electrons. The Hall–Kier alpha value is -7.59. The molecule has 0 atom stereocenters. The van der Waals surface area contributed by atoms with Crippen molar-refractivity contribution in [3.05, 3.63) is 159 Å². The molecular formula is C45H32N8O2. The van der Waals surface area contributed by atoms with E-state index in [0.29, 0.717) is 28.8 Å². The number of rotatable bonds is 8. The summed E-state index contributed by atoms with van der Waals surface area (Å²) in [5.74, 6) is 4.58. The zero-order valence-electron chi connectivity index (χ0n) is 29.9. The number of benzene rings is 5. The standard InChI is InChI=1S/C45H32N8O2/c1-51(2)30-18-20-48-44(23-30)53-40-12-6-4-10-36(40)38-17-15-32(26-42(38)53)55-34-22-29(45-49-27-46-28-50-45)21-33(24-34)54-31-14-16-37-35-9-3-5-11-39(35)52(41(37)25-31)43-13-7-8-19-47-43/h3-28H,1-2H3. The largest absolute Gasteiger partial charge is 0.457 e. The second-order valence-electron chi connectivity index (χ2n) is 13.4. The van der Waals surface area contributed by atoms with E-state index in [1.165, 1.54) is 12.7 Å². The maximum absolute atomic E-state index is 6.66. The summed E-state index contributed by atoms with van der Waals surface area (Å²) in [6.07, 6.45) is 6.61. The lowest BCUT2D eigenvalue weighted by Crippen LogP contribution is -2.09. The van der Waals surface area contributed by atoms with Crippen molar-refractivity contribution < 1.29 is 9.47 Å². The average Bonchev–Trinajstić information content (AvgIpc) is 3.73. The van der Waals surface area contributed by atoms with Crippen molar-refractivity contribution in [2.45, 2.75) is 0 Å². The van der Waals surface area contributed by atoms with Crippen molar-refractivity contribution in [3.8, 4) is 46.0 Å². The smallest absolute Gasteiger partial charge is 0.162 e. The van der Waals surface area contributed by atoms with E-state index in [0.717, 1.165) is 66.5 Å². The van der Waals surface area contributed by atoms with E-state index < -0.39 is 0 Å². The quantitative estimate of drug-likeness (QED) is 0.153. The molecule has 0 aliphatic heterocycles. The van der Waals surface area contributed by atoms with E-state index in [-0.39, 0.29) is 0 Å². The third-order valence-corrected chi connectivity index (χ3v) is 9.75. The number of pyridine rings is 2. The Kier molecular flexibility index (Phi) is 7.65. The second kappa shape index (κ2) is 13.1. The summed E-state index contributed by atoms with van der Waals surface area (Å²) in [7, 11) is 4.06. The number of nitrogens with zero attached hydrogens (tertiary/aromatic N) is 8. The number of hydrogen-bond acceptors (Lipinski definition) is 8. The summed E-state index contributed by atoms with van der Waals surface area (Å²) in [5, 5.41) is 4.47. The van der Waals surface area contributed by atoms with Crippen molar-refractivity contribution >= 4 is 49.3 Å². The van der Waals surface area contributed by atoms with Crippen LogP contribution < -0.4 is 14.4 Å².